The SMILES string of the molecule is C=NCc1cc2c(Oc3ccc(NC(=O)NC4CC4)c(C)c3)ccnc2cc1OCC1CCNCC1. The second-order valence-corrected chi connectivity index (χ2v) is 9.62. The molecule has 5 rings (SSSR count). The number of ether oxygens (including phenoxy) is 2. The van der Waals surface area contributed by atoms with Crippen molar-refractivity contribution in [3.8, 4) is 17.2 Å². The monoisotopic (exact) mass is 487 g/mol. The van der Waals surface area contributed by atoms with Gasteiger partial charge in [-0.3, -0.25) is 9.98 Å². The number of amides is 2. The lowest BCUT2D eigenvalue weighted by molar-refractivity contribution is 0.214. The van der Waals surface area contributed by atoms with Crippen LogP contribution in [0.4, 0.5) is 10.5 Å². The van der Waals surface area contributed by atoms with E-state index in [1.807, 2.05) is 43.3 Å². The number of aromatic nitrogens is 1. The van der Waals surface area contributed by atoms with Gasteiger partial charge in [-0.25, -0.2) is 4.79 Å². The van der Waals surface area contributed by atoms with Crippen LogP contribution in [-0.2, 0) is 6.54 Å². The lowest BCUT2D eigenvalue weighted by Gasteiger charge is -2.23. The zero-order valence-corrected chi connectivity index (χ0v) is 20.7. The molecule has 2 amide bonds. The fourth-order valence-corrected chi connectivity index (χ4v) is 4.45. The van der Waals surface area contributed by atoms with Crippen molar-refractivity contribution in [3.05, 3.63) is 53.7 Å². The average Bonchev–Trinajstić information content (AvgIpc) is 3.69. The van der Waals surface area contributed by atoms with Gasteiger partial charge in [0.25, 0.3) is 0 Å². The van der Waals surface area contributed by atoms with Crippen LogP contribution < -0.4 is 25.4 Å². The molecular formula is C28H33N5O3. The first-order valence-corrected chi connectivity index (χ1v) is 12.6. The molecule has 0 bridgehead atoms. The van der Waals surface area contributed by atoms with Crippen molar-refractivity contribution in [1.82, 2.24) is 15.6 Å². The maximum Gasteiger partial charge on any atom is 0.319 e. The number of hydrogen-bond acceptors (Lipinski definition) is 6. The van der Waals surface area contributed by atoms with Gasteiger partial charge in [-0.2, -0.15) is 0 Å². The number of pyridine rings is 1. The normalized spacial score (nSPS) is 15.9. The Hall–Kier alpha value is -3.65. The number of rotatable bonds is 9. The van der Waals surface area contributed by atoms with Crippen molar-refractivity contribution in [3.63, 3.8) is 0 Å². The van der Waals surface area contributed by atoms with Crippen molar-refractivity contribution in [2.45, 2.75) is 45.2 Å². The quantitative estimate of drug-likeness (QED) is 0.361. The van der Waals surface area contributed by atoms with Crippen LogP contribution in [0, 0.1) is 12.8 Å². The molecule has 8 heteroatoms. The topological polar surface area (TPSA) is 96.9 Å². The lowest BCUT2D eigenvalue weighted by atomic mass is 9.99. The highest BCUT2D eigenvalue weighted by Gasteiger charge is 2.23. The summed E-state index contributed by atoms with van der Waals surface area (Å²) in [5.74, 6) is 2.73. The van der Waals surface area contributed by atoms with Gasteiger partial charge in [0.1, 0.15) is 17.2 Å². The molecule has 0 atom stereocenters. The van der Waals surface area contributed by atoms with Crippen molar-refractivity contribution >= 4 is 29.3 Å². The van der Waals surface area contributed by atoms with E-state index in [0.717, 1.165) is 72.2 Å². The van der Waals surface area contributed by atoms with E-state index in [4.69, 9.17) is 9.47 Å². The first-order chi connectivity index (χ1) is 17.6. The number of hydrogen-bond donors (Lipinski definition) is 3. The molecule has 36 heavy (non-hydrogen) atoms. The largest absolute Gasteiger partial charge is 0.493 e. The Kier molecular flexibility index (Phi) is 7.32. The van der Waals surface area contributed by atoms with Crippen molar-refractivity contribution in [1.29, 1.82) is 0 Å². The third kappa shape index (κ3) is 5.94. The number of aryl methyl sites for hydroxylation is 1. The minimum absolute atomic E-state index is 0.170. The Morgan fingerprint density at radius 2 is 1.97 bits per heavy atom. The Morgan fingerprint density at radius 3 is 2.72 bits per heavy atom. The van der Waals surface area contributed by atoms with E-state index in [1.54, 1.807) is 6.20 Å². The van der Waals surface area contributed by atoms with Crippen LogP contribution in [0.2, 0.25) is 0 Å². The molecule has 1 saturated carbocycles. The summed E-state index contributed by atoms with van der Waals surface area (Å²) in [4.78, 5) is 20.8. The fraction of sp³-hybridized carbons (Fsp3) is 0.393. The molecule has 3 aromatic rings. The van der Waals surface area contributed by atoms with Crippen LogP contribution in [0.5, 0.6) is 17.2 Å². The molecular weight excluding hydrogens is 454 g/mol. The summed E-state index contributed by atoms with van der Waals surface area (Å²) in [5.41, 5.74) is 3.44. The van der Waals surface area contributed by atoms with Gasteiger partial charge < -0.3 is 25.4 Å². The number of benzene rings is 2. The molecule has 1 saturated heterocycles. The summed E-state index contributed by atoms with van der Waals surface area (Å²) >= 11 is 0. The highest BCUT2D eigenvalue weighted by molar-refractivity contribution is 5.90. The third-order valence-electron chi connectivity index (χ3n) is 6.69. The van der Waals surface area contributed by atoms with Crippen LogP contribution in [0.1, 0.15) is 36.8 Å². The maximum absolute atomic E-state index is 12.1. The summed E-state index contributed by atoms with van der Waals surface area (Å²) in [7, 11) is 0. The molecule has 0 spiro atoms. The molecule has 2 aliphatic rings. The minimum atomic E-state index is -0.170. The predicted molar refractivity (Wildman–Crippen MR) is 143 cm³/mol. The van der Waals surface area contributed by atoms with Gasteiger partial charge >= 0.3 is 6.03 Å². The van der Waals surface area contributed by atoms with E-state index in [0.29, 0.717) is 36.6 Å². The second-order valence-electron chi connectivity index (χ2n) is 9.62. The third-order valence-corrected chi connectivity index (χ3v) is 6.69. The molecule has 1 aromatic heterocycles. The van der Waals surface area contributed by atoms with Gasteiger partial charge in [-0.05, 0) is 94.2 Å². The number of piperidine rings is 1. The van der Waals surface area contributed by atoms with E-state index in [2.05, 4.69) is 32.6 Å². The molecule has 0 radical (unpaired) electrons. The molecule has 2 fully saturated rings. The van der Waals surface area contributed by atoms with Crippen LogP contribution in [0.15, 0.2) is 47.6 Å². The molecule has 0 unspecified atom stereocenters. The Labute approximate surface area is 211 Å². The van der Waals surface area contributed by atoms with Crippen molar-refractivity contribution < 1.29 is 14.3 Å². The van der Waals surface area contributed by atoms with E-state index in [9.17, 15) is 4.79 Å². The molecule has 2 heterocycles. The lowest BCUT2D eigenvalue weighted by Crippen LogP contribution is -2.30. The Bertz CT molecular complexity index is 1250. The average molecular weight is 488 g/mol. The standard InChI is InChI=1S/C28H33N5O3/c1-18-13-22(5-6-24(18)33-28(34)32-21-3-4-21)36-26-9-12-31-25-15-27(20(16-29-2)14-23(25)26)35-17-19-7-10-30-11-8-19/h5-6,9,12-15,19,21,30H,2-4,7-8,10-11,16-17H2,1H3,(H2,32,33,34). The summed E-state index contributed by atoms with van der Waals surface area (Å²) in [5, 5.41) is 10.1. The van der Waals surface area contributed by atoms with Gasteiger partial charge in [0.2, 0.25) is 0 Å². The second kappa shape index (κ2) is 11.0. The molecule has 1 aliphatic carbocycles. The molecule has 8 nitrogen and oxygen atoms in total. The van der Waals surface area contributed by atoms with E-state index < -0.39 is 0 Å². The van der Waals surface area contributed by atoms with Gasteiger partial charge in [-0.1, -0.05) is 0 Å². The summed E-state index contributed by atoms with van der Waals surface area (Å²) < 4.78 is 12.5. The van der Waals surface area contributed by atoms with Crippen molar-refractivity contribution in [2.75, 3.05) is 25.0 Å². The number of aliphatic imine (C=N–C) groups is 1. The number of urea groups is 1. The number of carbonyl (C=O) groups excluding carboxylic acids is 1. The van der Waals surface area contributed by atoms with E-state index in [1.165, 1.54) is 0 Å². The van der Waals surface area contributed by atoms with E-state index >= 15 is 0 Å². The molecule has 3 N–H and O–H groups in total. The Morgan fingerprint density at radius 1 is 1.14 bits per heavy atom. The first-order valence-electron chi connectivity index (χ1n) is 12.6. The zero-order valence-electron chi connectivity index (χ0n) is 20.7. The smallest absolute Gasteiger partial charge is 0.319 e. The van der Waals surface area contributed by atoms with Gasteiger partial charge in [0.15, 0.2) is 0 Å². The zero-order chi connectivity index (χ0) is 24.9. The van der Waals surface area contributed by atoms with E-state index in [-0.39, 0.29) is 6.03 Å². The summed E-state index contributed by atoms with van der Waals surface area (Å²) in [6.07, 6.45) is 6.09. The number of fused-ring (bicyclic) bond motifs is 1. The summed E-state index contributed by atoms with van der Waals surface area (Å²) in [6, 6.07) is 11.6. The number of carbonyl (C=O) groups is 1. The van der Waals surface area contributed by atoms with Crippen LogP contribution in [0.25, 0.3) is 10.9 Å². The van der Waals surface area contributed by atoms with Gasteiger partial charge in [-0.15, -0.1) is 0 Å². The first kappa shape index (κ1) is 24.1. The Balaban J connectivity index is 1.34. The van der Waals surface area contributed by atoms with Gasteiger partial charge in [0.05, 0.1) is 18.7 Å². The number of anilines is 1. The molecule has 188 valence electrons. The molecule has 1 aliphatic heterocycles. The predicted octanol–water partition coefficient (Wildman–Crippen LogP) is 5.20. The maximum atomic E-state index is 12.1. The summed E-state index contributed by atoms with van der Waals surface area (Å²) in [6.45, 7) is 8.85. The number of nitrogens with zero attached hydrogens (tertiary/aromatic N) is 2. The fourth-order valence-electron chi connectivity index (χ4n) is 4.45. The van der Waals surface area contributed by atoms with Gasteiger partial charge in [0, 0.05) is 34.9 Å². The van der Waals surface area contributed by atoms with Crippen molar-refractivity contribution in [2.24, 2.45) is 10.9 Å². The number of nitrogens with one attached hydrogen (secondary N) is 3. The van der Waals surface area contributed by atoms with Crippen LogP contribution in [-0.4, -0.2) is 43.5 Å². The molecule has 2 aromatic carbocycles. The van der Waals surface area contributed by atoms with Crippen LogP contribution in [0.3, 0.4) is 0 Å². The highest BCUT2D eigenvalue weighted by Crippen LogP contribution is 2.35. The minimum Gasteiger partial charge on any atom is -0.493 e. The highest BCUT2D eigenvalue weighted by atomic mass is 16.5. The van der Waals surface area contributed by atoms with Crippen LogP contribution >= 0.6 is 0 Å².